The van der Waals surface area contributed by atoms with Crippen molar-refractivity contribution in [1.82, 2.24) is 49.3 Å². The molecule has 4 fully saturated rings. The number of hydrogen-bond donors (Lipinski definition) is 2. The zero-order chi connectivity index (χ0) is 47.2. The van der Waals surface area contributed by atoms with Crippen LogP contribution in [0, 0.1) is 46.3 Å². The molecule has 0 radical (unpaired) electrons. The van der Waals surface area contributed by atoms with Crippen LogP contribution in [0.25, 0.3) is 28.0 Å². The molecule has 4 aliphatic heterocycles. The van der Waals surface area contributed by atoms with E-state index in [1.807, 2.05) is 16.8 Å². The number of aliphatic hydroxyl groups is 2. The second kappa shape index (κ2) is 19.7. The van der Waals surface area contributed by atoms with Gasteiger partial charge in [0.2, 0.25) is 0 Å². The molecule has 0 spiro atoms. The highest BCUT2D eigenvalue weighted by Crippen LogP contribution is 2.42. The molecule has 0 amide bonds. The van der Waals surface area contributed by atoms with E-state index in [4.69, 9.17) is 66.5 Å². The SMILES string of the molecule is C=C(c1ccc(Cl)cc1Cl)n1nc(C#N)c2ncc(N3CC([C@H]4CC(C[C@H](c5ccc(Cl)cc5Cl)n5nc(C#N)c6ncc(N7CC([C@@H]8CCN(CCCO)C8)C7)nc65)N(CCCO)C4)C3)nc21. The number of aliphatic hydroxyl groups excluding tert-OH is 2. The molecule has 16 nitrogen and oxygen atoms in total. The van der Waals surface area contributed by atoms with Gasteiger partial charge in [-0.05, 0) is 98.2 Å². The summed E-state index contributed by atoms with van der Waals surface area (Å²) in [6, 6.07) is 14.7. The van der Waals surface area contributed by atoms with E-state index in [1.54, 1.807) is 36.7 Å². The summed E-state index contributed by atoms with van der Waals surface area (Å²) in [4.78, 5) is 29.0. The maximum Gasteiger partial charge on any atom is 0.190 e. The molecule has 8 heterocycles. The van der Waals surface area contributed by atoms with Crippen molar-refractivity contribution < 1.29 is 10.2 Å². The van der Waals surface area contributed by atoms with Gasteiger partial charge in [-0.15, -0.1) is 0 Å². The van der Waals surface area contributed by atoms with Gasteiger partial charge in [-0.2, -0.15) is 20.7 Å². The average molecular weight is 997 g/mol. The number of likely N-dealkylation sites (tertiary alicyclic amines) is 2. The first kappa shape index (κ1) is 46.6. The molecule has 68 heavy (non-hydrogen) atoms. The molecule has 4 aliphatic rings. The van der Waals surface area contributed by atoms with E-state index in [0.29, 0.717) is 103 Å². The van der Waals surface area contributed by atoms with Gasteiger partial charge in [0.25, 0.3) is 0 Å². The van der Waals surface area contributed by atoms with Crippen molar-refractivity contribution in [1.29, 1.82) is 10.5 Å². The topological polar surface area (TPSA) is 188 Å². The molecule has 0 saturated carbocycles. The van der Waals surface area contributed by atoms with Crippen molar-refractivity contribution in [2.75, 3.05) is 81.9 Å². The Morgan fingerprint density at radius 1 is 0.735 bits per heavy atom. The van der Waals surface area contributed by atoms with Crippen LogP contribution in [0.1, 0.15) is 60.7 Å². The predicted octanol–water partition coefficient (Wildman–Crippen LogP) is 7.17. The summed E-state index contributed by atoms with van der Waals surface area (Å²) in [5, 5.41) is 50.9. The minimum Gasteiger partial charge on any atom is -0.396 e. The number of nitrogens with zero attached hydrogens (tertiary/aromatic N) is 14. The first-order valence-corrected chi connectivity index (χ1v) is 24.6. The quantitative estimate of drug-likeness (QED) is 0.0993. The lowest BCUT2D eigenvalue weighted by Crippen LogP contribution is -2.51. The van der Waals surface area contributed by atoms with E-state index in [1.165, 1.54) is 4.68 Å². The zero-order valence-electron chi connectivity index (χ0n) is 37.3. The number of aromatic nitrogens is 8. The van der Waals surface area contributed by atoms with Gasteiger partial charge < -0.3 is 24.9 Å². The standard InChI is InChI=1S/C48H50Cl4N14O2/c1-28(36-6-4-33(49)15-38(36)51)65-47-45(40(18-53)59-65)55-20-43(57-47)64-26-32(27-64)30-14-35(62(23-30)10-3-13-68)17-42(37-7-5-34(50)16-39(37)52)66-48-46(41(19-54)60-66)56-21-44(58-48)63-24-31(25-63)29-8-11-61(22-29)9-2-12-67/h4-7,15-16,20-21,29-32,35,42,67-68H,1-3,8-14,17,22-27H2/t29-,30+,35?,42-/m1/s1. The third-order valence-electron chi connectivity index (χ3n) is 14.5. The summed E-state index contributed by atoms with van der Waals surface area (Å²) >= 11 is 26.2. The van der Waals surface area contributed by atoms with E-state index in [-0.39, 0.29) is 30.6 Å². The summed E-state index contributed by atoms with van der Waals surface area (Å²) in [7, 11) is 0. The van der Waals surface area contributed by atoms with Crippen LogP contribution in [-0.4, -0.2) is 138 Å². The molecule has 4 saturated heterocycles. The van der Waals surface area contributed by atoms with E-state index in [2.05, 4.69) is 48.4 Å². The molecule has 352 valence electrons. The first-order chi connectivity index (χ1) is 33.0. The fraction of sp³-hybridized carbons (Fsp3) is 0.458. The van der Waals surface area contributed by atoms with Crippen molar-refractivity contribution in [3.63, 3.8) is 0 Å². The Morgan fingerprint density at radius 2 is 1.35 bits per heavy atom. The van der Waals surface area contributed by atoms with Crippen LogP contribution >= 0.6 is 46.4 Å². The van der Waals surface area contributed by atoms with Gasteiger partial charge >= 0.3 is 0 Å². The second-order valence-corrected chi connectivity index (χ2v) is 20.2. The minimum absolute atomic E-state index is 0.0766. The third-order valence-corrected chi connectivity index (χ3v) is 15.6. The number of nitriles is 2. The molecule has 0 bridgehead atoms. The maximum atomic E-state index is 10.3. The van der Waals surface area contributed by atoms with Crippen molar-refractivity contribution >= 4 is 86.1 Å². The molecule has 2 aromatic carbocycles. The molecular formula is C48H50Cl4N14O2. The zero-order valence-corrected chi connectivity index (χ0v) is 40.3. The Hall–Kier alpha value is -5.14. The van der Waals surface area contributed by atoms with E-state index < -0.39 is 6.04 Å². The number of hydrogen-bond acceptors (Lipinski definition) is 14. The number of benzene rings is 2. The fourth-order valence-corrected chi connectivity index (χ4v) is 11.8. The first-order valence-electron chi connectivity index (χ1n) is 23.1. The molecule has 0 aliphatic carbocycles. The van der Waals surface area contributed by atoms with E-state index >= 15 is 0 Å². The van der Waals surface area contributed by atoms with E-state index in [0.717, 1.165) is 83.0 Å². The van der Waals surface area contributed by atoms with Crippen LogP contribution in [0.15, 0.2) is 55.4 Å². The molecule has 1 unspecified atom stereocenters. The molecule has 6 aromatic rings. The van der Waals surface area contributed by atoms with Gasteiger partial charge in [-0.3, -0.25) is 4.90 Å². The van der Waals surface area contributed by atoms with Crippen LogP contribution in [-0.2, 0) is 0 Å². The van der Waals surface area contributed by atoms with Crippen LogP contribution in [0.5, 0.6) is 0 Å². The molecule has 10 rings (SSSR count). The van der Waals surface area contributed by atoms with Crippen LogP contribution in [0.2, 0.25) is 20.1 Å². The molecular weight excluding hydrogens is 946 g/mol. The smallest absolute Gasteiger partial charge is 0.190 e. The Balaban J connectivity index is 0.891. The largest absolute Gasteiger partial charge is 0.396 e. The van der Waals surface area contributed by atoms with Crippen LogP contribution in [0.4, 0.5) is 11.6 Å². The lowest BCUT2D eigenvalue weighted by atomic mass is 9.83. The number of halogens is 4. The molecule has 20 heteroatoms. The summed E-state index contributed by atoms with van der Waals surface area (Å²) in [5.74, 6) is 3.29. The summed E-state index contributed by atoms with van der Waals surface area (Å²) in [6.07, 6.45) is 7.55. The number of rotatable bonds is 16. The predicted molar refractivity (Wildman–Crippen MR) is 263 cm³/mol. The van der Waals surface area contributed by atoms with Gasteiger partial charge in [0, 0.05) is 92.2 Å². The fourth-order valence-electron chi connectivity index (χ4n) is 10.8. The summed E-state index contributed by atoms with van der Waals surface area (Å²) < 4.78 is 3.37. The van der Waals surface area contributed by atoms with Gasteiger partial charge in [0.1, 0.15) is 34.8 Å². The summed E-state index contributed by atoms with van der Waals surface area (Å²) in [5.41, 5.74) is 3.96. The Kier molecular flexibility index (Phi) is 13.5. The highest BCUT2D eigenvalue weighted by Gasteiger charge is 2.43. The van der Waals surface area contributed by atoms with Crippen LogP contribution < -0.4 is 9.80 Å². The number of anilines is 2. The second-order valence-electron chi connectivity index (χ2n) is 18.5. The average Bonchev–Trinajstić information content (AvgIpc) is 4.10. The van der Waals surface area contributed by atoms with E-state index in [9.17, 15) is 20.7 Å². The monoisotopic (exact) mass is 994 g/mol. The van der Waals surface area contributed by atoms with Gasteiger partial charge in [-0.25, -0.2) is 29.3 Å². The lowest BCUT2D eigenvalue weighted by Gasteiger charge is -2.43. The van der Waals surface area contributed by atoms with Crippen molar-refractivity contribution in [3.8, 4) is 12.1 Å². The third kappa shape index (κ3) is 8.98. The highest BCUT2D eigenvalue weighted by molar-refractivity contribution is 6.36. The van der Waals surface area contributed by atoms with Gasteiger partial charge in [-0.1, -0.05) is 59.0 Å². The maximum absolute atomic E-state index is 10.3. The van der Waals surface area contributed by atoms with Crippen molar-refractivity contribution in [2.45, 2.75) is 44.2 Å². The normalized spacial score (nSPS) is 20.8. The van der Waals surface area contributed by atoms with Gasteiger partial charge in [0.05, 0.1) is 29.2 Å². The van der Waals surface area contributed by atoms with Crippen molar-refractivity contribution in [3.05, 3.63) is 98.0 Å². The Labute approximate surface area is 413 Å². The lowest BCUT2D eigenvalue weighted by molar-refractivity contribution is 0.190. The van der Waals surface area contributed by atoms with Gasteiger partial charge in [0.15, 0.2) is 22.7 Å². The summed E-state index contributed by atoms with van der Waals surface area (Å²) in [6.45, 7) is 12.4. The van der Waals surface area contributed by atoms with Crippen LogP contribution in [0.3, 0.4) is 0 Å². The molecule has 2 N–H and O–H groups in total. The Morgan fingerprint density at radius 3 is 2.01 bits per heavy atom. The molecule has 4 atom stereocenters. The van der Waals surface area contributed by atoms with Crippen molar-refractivity contribution in [2.24, 2.45) is 23.7 Å². The number of fused-ring (bicyclic) bond motifs is 2. The minimum atomic E-state index is -0.414. The Bertz CT molecular complexity index is 2960. The highest BCUT2D eigenvalue weighted by atomic mass is 35.5. The molecule has 4 aromatic heterocycles.